The minimum absolute atomic E-state index is 0.0177. The van der Waals surface area contributed by atoms with Crippen LogP contribution < -0.4 is 0 Å². The predicted molar refractivity (Wildman–Crippen MR) is 103 cm³/mol. The van der Waals surface area contributed by atoms with Gasteiger partial charge in [-0.25, -0.2) is 4.79 Å². The number of hydrogen-bond donors (Lipinski definition) is 3. The van der Waals surface area contributed by atoms with E-state index >= 15 is 0 Å². The molecule has 4 atom stereocenters. The molecule has 9 heteroatoms. The normalized spacial score (nSPS) is 32.1. The van der Waals surface area contributed by atoms with Gasteiger partial charge in [-0.3, -0.25) is 9.69 Å². The Labute approximate surface area is 166 Å². The molecule has 1 aliphatic heterocycles. The first-order chi connectivity index (χ1) is 12.8. The van der Waals surface area contributed by atoms with Crippen molar-refractivity contribution in [3.8, 4) is 0 Å². The number of nitrogens with zero attached hydrogens (tertiary/aromatic N) is 3. The van der Waals surface area contributed by atoms with E-state index in [2.05, 4.69) is 0 Å². The van der Waals surface area contributed by atoms with Crippen LogP contribution in [0.3, 0.4) is 0 Å². The smallest absolute Gasteiger partial charge is 0.410 e. The number of carbonyl (C=O) groups excluding carboxylic acids is 2. The summed E-state index contributed by atoms with van der Waals surface area (Å²) in [5.74, 6) is 0.0177. The highest BCUT2D eigenvalue weighted by Crippen LogP contribution is 2.33. The van der Waals surface area contributed by atoms with Crippen molar-refractivity contribution < 1.29 is 29.6 Å². The zero-order valence-corrected chi connectivity index (χ0v) is 17.6. The summed E-state index contributed by atoms with van der Waals surface area (Å²) in [5.41, 5.74) is -2.32. The van der Waals surface area contributed by atoms with Gasteiger partial charge in [0, 0.05) is 52.7 Å². The van der Waals surface area contributed by atoms with Crippen molar-refractivity contribution in [1.82, 2.24) is 14.7 Å². The van der Waals surface area contributed by atoms with Crippen molar-refractivity contribution in [3.05, 3.63) is 0 Å². The van der Waals surface area contributed by atoms with E-state index in [-0.39, 0.29) is 25.3 Å². The van der Waals surface area contributed by atoms with Crippen molar-refractivity contribution in [2.75, 3.05) is 39.8 Å². The average molecular weight is 402 g/mol. The lowest BCUT2D eigenvalue weighted by Crippen LogP contribution is -2.66. The van der Waals surface area contributed by atoms with E-state index in [1.54, 1.807) is 32.7 Å². The number of piperazine rings is 1. The van der Waals surface area contributed by atoms with Crippen LogP contribution in [-0.2, 0) is 9.53 Å². The molecular weight excluding hydrogens is 366 g/mol. The Hall–Kier alpha value is -1.42. The van der Waals surface area contributed by atoms with E-state index in [1.807, 2.05) is 4.90 Å². The van der Waals surface area contributed by atoms with Gasteiger partial charge in [0.25, 0.3) is 0 Å². The van der Waals surface area contributed by atoms with Crippen molar-refractivity contribution >= 4 is 12.0 Å². The Bertz CT molecular complexity index is 559. The number of carbonyl (C=O) groups is 2. The Morgan fingerprint density at radius 1 is 1.11 bits per heavy atom. The summed E-state index contributed by atoms with van der Waals surface area (Å²) < 4.78 is 5.35. The third-order valence-corrected chi connectivity index (χ3v) is 5.67. The van der Waals surface area contributed by atoms with Crippen molar-refractivity contribution in [3.63, 3.8) is 0 Å². The van der Waals surface area contributed by atoms with Crippen molar-refractivity contribution in [1.29, 1.82) is 0 Å². The number of ether oxygens (including phenoxy) is 1. The van der Waals surface area contributed by atoms with E-state index in [1.165, 1.54) is 11.8 Å². The molecule has 0 aromatic heterocycles. The molecule has 2 amide bonds. The van der Waals surface area contributed by atoms with Gasteiger partial charge in [-0.1, -0.05) is 0 Å². The summed E-state index contributed by atoms with van der Waals surface area (Å²) >= 11 is 0. The summed E-state index contributed by atoms with van der Waals surface area (Å²) in [4.78, 5) is 28.8. The lowest BCUT2D eigenvalue weighted by molar-refractivity contribution is -0.189. The second kappa shape index (κ2) is 8.52. The molecule has 2 unspecified atom stereocenters. The summed E-state index contributed by atoms with van der Waals surface area (Å²) in [5, 5.41) is 32.2. The van der Waals surface area contributed by atoms with Gasteiger partial charge in [-0.2, -0.15) is 0 Å². The number of aliphatic hydroxyl groups is 3. The van der Waals surface area contributed by atoms with E-state index < -0.39 is 35.5 Å². The number of β-amino-alcohol motifs (C(OH)–C–C–N with tert-alkyl or cyclic N) is 1. The second-order valence-electron chi connectivity index (χ2n) is 9.02. The third-order valence-electron chi connectivity index (χ3n) is 5.67. The molecule has 0 radical (unpaired) electrons. The second-order valence-corrected chi connectivity index (χ2v) is 9.02. The number of amides is 2. The highest BCUT2D eigenvalue weighted by Gasteiger charge is 2.50. The van der Waals surface area contributed by atoms with Crippen LogP contribution >= 0.6 is 0 Å². The summed E-state index contributed by atoms with van der Waals surface area (Å²) in [7, 11) is 1.57. The van der Waals surface area contributed by atoms with Gasteiger partial charge < -0.3 is 29.9 Å². The maximum atomic E-state index is 12.3. The maximum Gasteiger partial charge on any atom is 0.410 e. The van der Waals surface area contributed by atoms with Gasteiger partial charge in [0.1, 0.15) is 11.2 Å². The fourth-order valence-electron chi connectivity index (χ4n) is 3.83. The van der Waals surface area contributed by atoms with Crippen LogP contribution in [0, 0.1) is 0 Å². The fraction of sp³-hybridized carbons (Fsp3) is 0.895. The zero-order chi connectivity index (χ0) is 21.3. The highest BCUT2D eigenvalue weighted by atomic mass is 16.6. The molecule has 162 valence electrons. The van der Waals surface area contributed by atoms with Crippen LogP contribution in [-0.4, -0.2) is 111 Å². The fourth-order valence-corrected chi connectivity index (χ4v) is 3.83. The van der Waals surface area contributed by atoms with E-state index in [0.29, 0.717) is 26.2 Å². The first-order valence-electron chi connectivity index (χ1n) is 9.85. The van der Waals surface area contributed by atoms with Crippen molar-refractivity contribution in [2.45, 2.75) is 70.0 Å². The minimum atomic E-state index is -1.68. The van der Waals surface area contributed by atoms with Gasteiger partial charge in [-0.15, -0.1) is 0 Å². The SMILES string of the molecule is CC(=O)N1CCN(CC2(O)[C@H](O)CC(N(C)C(=O)OC(C)(C)C)C[C@@H]2O)CC1. The van der Waals surface area contributed by atoms with E-state index in [9.17, 15) is 24.9 Å². The quantitative estimate of drug-likeness (QED) is 0.591. The molecule has 1 aliphatic carbocycles. The number of hydrogen-bond acceptors (Lipinski definition) is 7. The van der Waals surface area contributed by atoms with Crippen LogP contribution in [0.4, 0.5) is 4.79 Å². The molecule has 1 saturated carbocycles. The van der Waals surface area contributed by atoms with Crippen LogP contribution in [0.25, 0.3) is 0 Å². The summed E-state index contributed by atoms with van der Waals surface area (Å²) in [6, 6.07) is -0.435. The van der Waals surface area contributed by atoms with Gasteiger partial charge in [-0.05, 0) is 33.6 Å². The van der Waals surface area contributed by atoms with Crippen LogP contribution in [0.1, 0.15) is 40.5 Å². The molecule has 2 aliphatic rings. The van der Waals surface area contributed by atoms with Crippen LogP contribution in [0.15, 0.2) is 0 Å². The summed E-state index contributed by atoms with van der Waals surface area (Å²) in [6.45, 7) is 9.22. The summed E-state index contributed by atoms with van der Waals surface area (Å²) in [6.07, 6.45) is -2.59. The molecule has 2 rings (SSSR count). The molecule has 3 N–H and O–H groups in total. The Balaban J connectivity index is 1.96. The zero-order valence-electron chi connectivity index (χ0n) is 17.6. The van der Waals surface area contributed by atoms with Gasteiger partial charge >= 0.3 is 6.09 Å². The predicted octanol–water partition coefficient (Wildman–Crippen LogP) is -0.367. The lowest BCUT2D eigenvalue weighted by Gasteiger charge is -2.48. The lowest BCUT2D eigenvalue weighted by atomic mass is 9.76. The van der Waals surface area contributed by atoms with Crippen molar-refractivity contribution in [2.24, 2.45) is 0 Å². The van der Waals surface area contributed by atoms with E-state index in [4.69, 9.17) is 4.74 Å². The van der Waals surface area contributed by atoms with Gasteiger partial charge in [0.2, 0.25) is 5.91 Å². The average Bonchev–Trinajstić information content (AvgIpc) is 2.58. The molecule has 0 bridgehead atoms. The molecule has 1 heterocycles. The minimum Gasteiger partial charge on any atom is -0.444 e. The van der Waals surface area contributed by atoms with Crippen LogP contribution in [0.2, 0.25) is 0 Å². The van der Waals surface area contributed by atoms with E-state index in [0.717, 1.165) is 0 Å². The monoisotopic (exact) mass is 401 g/mol. The Kier molecular flexibility index (Phi) is 6.96. The highest BCUT2D eigenvalue weighted by molar-refractivity contribution is 5.73. The Morgan fingerprint density at radius 3 is 2.04 bits per heavy atom. The topological polar surface area (TPSA) is 114 Å². The Morgan fingerprint density at radius 2 is 1.61 bits per heavy atom. The van der Waals surface area contributed by atoms with Gasteiger partial charge in [0.05, 0.1) is 12.2 Å². The first-order valence-corrected chi connectivity index (χ1v) is 9.85. The molecule has 2 fully saturated rings. The molecule has 9 nitrogen and oxygen atoms in total. The maximum absolute atomic E-state index is 12.3. The molecule has 28 heavy (non-hydrogen) atoms. The van der Waals surface area contributed by atoms with Crippen LogP contribution in [0.5, 0.6) is 0 Å². The molecular formula is C19H35N3O6. The molecule has 1 saturated heterocycles. The number of rotatable bonds is 3. The standard InChI is InChI=1S/C19H35N3O6/c1-13(23)22-8-6-21(7-9-22)12-19(27)15(24)10-14(11-16(19)25)20(5)17(26)28-18(2,3)4/h14-16,24-25,27H,6-12H2,1-5H3/t14?,15-,16+,19?. The third kappa shape index (κ3) is 5.34. The molecule has 0 aromatic rings. The van der Waals surface area contributed by atoms with Gasteiger partial charge in [0.15, 0.2) is 0 Å². The molecule has 0 spiro atoms. The number of aliphatic hydroxyl groups excluding tert-OH is 2. The first kappa shape index (κ1) is 22.9. The molecule has 0 aromatic carbocycles. The largest absolute Gasteiger partial charge is 0.444 e.